The largest absolute Gasteiger partial charge is 0.397 e. The Bertz CT molecular complexity index is 579. The van der Waals surface area contributed by atoms with E-state index in [9.17, 15) is 4.79 Å². The molecular formula is C13H18N6O. The van der Waals surface area contributed by atoms with Crippen LogP contribution >= 0.6 is 0 Å². The highest BCUT2D eigenvalue weighted by Crippen LogP contribution is 2.20. The summed E-state index contributed by atoms with van der Waals surface area (Å²) in [6, 6.07) is 5.21. The molecule has 0 radical (unpaired) electrons. The van der Waals surface area contributed by atoms with Crippen LogP contribution in [0.5, 0.6) is 0 Å². The molecule has 0 bridgehead atoms. The van der Waals surface area contributed by atoms with Crippen molar-refractivity contribution in [3.8, 4) is 0 Å². The third kappa shape index (κ3) is 3.25. The summed E-state index contributed by atoms with van der Waals surface area (Å²) in [4.78, 5) is 17.5. The monoisotopic (exact) mass is 274 g/mol. The molecule has 0 saturated heterocycles. The van der Waals surface area contributed by atoms with Gasteiger partial charge in [-0.15, -0.1) is 0 Å². The van der Waals surface area contributed by atoms with Gasteiger partial charge in [-0.2, -0.15) is 5.10 Å². The lowest BCUT2D eigenvalue weighted by Crippen LogP contribution is -2.22. The zero-order chi connectivity index (χ0) is 14.5. The van der Waals surface area contributed by atoms with Crippen molar-refractivity contribution in [2.75, 3.05) is 31.7 Å². The molecular weight excluding hydrogens is 256 g/mol. The number of nitrogens with one attached hydrogen (secondary N) is 2. The summed E-state index contributed by atoms with van der Waals surface area (Å²) < 4.78 is 0. The number of aromatic nitrogens is 3. The first-order chi connectivity index (χ1) is 9.58. The smallest absolute Gasteiger partial charge is 0.253 e. The molecule has 0 unspecified atom stereocenters. The van der Waals surface area contributed by atoms with Gasteiger partial charge in [0.05, 0.1) is 11.4 Å². The van der Waals surface area contributed by atoms with Gasteiger partial charge in [0.25, 0.3) is 5.91 Å². The fraction of sp³-hybridized carbons (Fsp3) is 0.308. The van der Waals surface area contributed by atoms with Crippen LogP contribution in [0.2, 0.25) is 0 Å². The fourth-order valence-corrected chi connectivity index (χ4v) is 1.77. The number of rotatable bonds is 5. The van der Waals surface area contributed by atoms with E-state index in [1.807, 2.05) is 0 Å². The molecule has 7 nitrogen and oxygen atoms in total. The number of H-pyrrole nitrogens is 1. The summed E-state index contributed by atoms with van der Waals surface area (Å²) >= 11 is 0. The molecule has 4 N–H and O–H groups in total. The second-order valence-electron chi connectivity index (χ2n) is 4.61. The SMILES string of the molecule is CN(C)C(=O)c1ccc(N)c(NCCc2ncn[nH]2)c1. The average Bonchev–Trinajstić information content (AvgIpc) is 2.93. The second kappa shape index (κ2) is 6.05. The van der Waals surface area contributed by atoms with Crippen molar-refractivity contribution < 1.29 is 4.79 Å². The van der Waals surface area contributed by atoms with Crippen molar-refractivity contribution in [1.82, 2.24) is 20.1 Å². The Balaban J connectivity index is 2.03. The topological polar surface area (TPSA) is 99.9 Å². The van der Waals surface area contributed by atoms with Crippen molar-refractivity contribution in [3.63, 3.8) is 0 Å². The van der Waals surface area contributed by atoms with Gasteiger partial charge in [-0.1, -0.05) is 0 Å². The van der Waals surface area contributed by atoms with Crippen LogP contribution in [0.25, 0.3) is 0 Å². The quantitative estimate of drug-likeness (QED) is 0.698. The first-order valence-corrected chi connectivity index (χ1v) is 6.27. The Morgan fingerprint density at radius 2 is 2.25 bits per heavy atom. The van der Waals surface area contributed by atoms with Crippen LogP contribution in [0.15, 0.2) is 24.5 Å². The van der Waals surface area contributed by atoms with Crippen molar-refractivity contribution in [1.29, 1.82) is 0 Å². The lowest BCUT2D eigenvalue weighted by atomic mass is 10.1. The number of carbonyl (C=O) groups excluding carboxylic acids is 1. The van der Waals surface area contributed by atoms with Crippen LogP contribution in [0, 0.1) is 0 Å². The van der Waals surface area contributed by atoms with Crippen LogP contribution in [0.3, 0.4) is 0 Å². The number of nitrogens with two attached hydrogens (primary N) is 1. The molecule has 20 heavy (non-hydrogen) atoms. The molecule has 2 aromatic rings. The number of benzene rings is 1. The van der Waals surface area contributed by atoms with E-state index < -0.39 is 0 Å². The van der Waals surface area contributed by atoms with E-state index in [1.54, 1.807) is 32.3 Å². The van der Waals surface area contributed by atoms with E-state index in [-0.39, 0.29) is 5.91 Å². The molecule has 1 aromatic carbocycles. The molecule has 1 aromatic heterocycles. The Kier molecular flexibility index (Phi) is 4.19. The summed E-state index contributed by atoms with van der Waals surface area (Å²) in [6.07, 6.45) is 2.17. The third-order valence-electron chi connectivity index (χ3n) is 2.85. The number of amides is 1. The van der Waals surface area contributed by atoms with E-state index in [0.29, 0.717) is 24.2 Å². The van der Waals surface area contributed by atoms with E-state index in [4.69, 9.17) is 5.73 Å². The van der Waals surface area contributed by atoms with Gasteiger partial charge in [-0.3, -0.25) is 9.89 Å². The molecule has 1 amide bonds. The lowest BCUT2D eigenvalue weighted by Gasteiger charge is -2.13. The van der Waals surface area contributed by atoms with E-state index in [0.717, 1.165) is 11.5 Å². The molecule has 0 atom stereocenters. The first kappa shape index (κ1) is 13.9. The highest BCUT2D eigenvalue weighted by molar-refractivity contribution is 5.95. The number of hydrogen-bond acceptors (Lipinski definition) is 5. The summed E-state index contributed by atoms with van der Waals surface area (Å²) in [6.45, 7) is 0.652. The van der Waals surface area contributed by atoms with Crippen molar-refractivity contribution >= 4 is 17.3 Å². The minimum absolute atomic E-state index is 0.0525. The summed E-state index contributed by atoms with van der Waals surface area (Å²) in [5.74, 6) is 0.750. The van der Waals surface area contributed by atoms with E-state index >= 15 is 0 Å². The van der Waals surface area contributed by atoms with Crippen molar-refractivity contribution in [2.24, 2.45) is 0 Å². The van der Waals surface area contributed by atoms with E-state index in [1.165, 1.54) is 11.2 Å². The zero-order valence-corrected chi connectivity index (χ0v) is 11.6. The number of nitrogen functional groups attached to an aromatic ring is 1. The number of nitrogens with zero attached hydrogens (tertiary/aromatic N) is 3. The maximum atomic E-state index is 11.9. The molecule has 2 rings (SSSR count). The van der Waals surface area contributed by atoms with Crippen molar-refractivity contribution in [2.45, 2.75) is 6.42 Å². The normalized spacial score (nSPS) is 10.3. The van der Waals surface area contributed by atoms with Gasteiger partial charge in [0.2, 0.25) is 0 Å². The number of aromatic amines is 1. The Labute approximate surface area is 117 Å². The van der Waals surface area contributed by atoms with Crippen LogP contribution in [0.4, 0.5) is 11.4 Å². The summed E-state index contributed by atoms with van der Waals surface area (Å²) in [7, 11) is 3.44. The predicted octanol–water partition coefficient (Wildman–Crippen LogP) is 0.743. The number of hydrogen-bond donors (Lipinski definition) is 3. The standard InChI is InChI=1S/C13H18N6O/c1-19(2)13(20)9-3-4-10(14)11(7-9)15-6-5-12-16-8-17-18-12/h3-4,7-8,15H,5-6,14H2,1-2H3,(H,16,17,18). The maximum absolute atomic E-state index is 11.9. The minimum Gasteiger partial charge on any atom is -0.397 e. The average molecular weight is 274 g/mol. The van der Waals surface area contributed by atoms with Gasteiger partial charge < -0.3 is 16.0 Å². The van der Waals surface area contributed by atoms with Crippen LogP contribution in [-0.4, -0.2) is 46.6 Å². The molecule has 106 valence electrons. The van der Waals surface area contributed by atoms with Crippen molar-refractivity contribution in [3.05, 3.63) is 35.9 Å². The van der Waals surface area contributed by atoms with Gasteiger partial charge in [-0.05, 0) is 18.2 Å². The minimum atomic E-state index is -0.0525. The zero-order valence-electron chi connectivity index (χ0n) is 11.6. The Morgan fingerprint density at radius 3 is 2.90 bits per heavy atom. The second-order valence-corrected chi connectivity index (χ2v) is 4.61. The molecule has 7 heteroatoms. The van der Waals surface area contributed by atoms with Gasteiger partial charge in [0.15, 0.2) is 0 Å². The number of anilines is 2. The molecule has 1 heterocycles. The van der Waals surface area contributed by atoms with Crippen LogP contribution in [-0.2, 0) is 6.42 Å². The fourth-order valence-electron chi connectivity index (χ4n) is 1.77. The lowest BCUT2D eigenvalue weighted by molar-refractivity contribution is 0.0827. The summed E-state index contributed by atoms with van der Waals surface area (Å²) in [5, 5.41) is 9.77. The Hall–Kier alpha value is -2.57. The van der Waals surface area contributed by atoms with E-state index in [2.05, 4.69) is 20.5 Å². The molecule has 0 fully saturated rings. The van der Waals surface area contributed by atoms with Crippen LogP contribution in [0.1, 0.15) is 16.2 Å². The Morgan fingerprint density at radius 1 is 1.45 bits per heavy atom. The molecule has 0 saturated carbocycles. The molecule has 0 aliphatic rings. The molecule has 0 aliphatic heterocycles. The first-order valence-electron chi connectivity index (χ1n) is 6.27. The van der Waals surface area contributed by atoms with Gasteiger partial charge >= 0.3 is 0 Å². The third-order valence-corrected chi connectivity index (χ3v) is 2.85. The van der Waals surface area contributed by atoms with Gasteiger partial charge in [0.1, 0.15) is 12.2 Å². The maximum Gasteiger partial charge on any atom is 0.253 e. The number of carbonyl (C=O) groups is 1. The molecule has 0 aliphatic carbocycles. The van der Waals surface area contributed by atoms with Gasteiger partial charge in [-0.25, -0.2) is 4.98 Å². The predicted molar refractivity (Wildman–Crippen MR) is 77.4 cm³/mol. The van der Waals surface area contributed by atoms with Crippen LogP contribution < -0.4 is 11.1 Å². The highest BCUT2D eigenvalue weighted by Gasteiger charge is 2.10. The molecule has 0 spiro atoms. The summed E-state index contributed by atoms with van der Waals surface area (Å²) in [5.41, 5.74) is 7.86. The van der Waals surface area contributed by atoms with Gasteiger partial charge in [0, 0.05) is 32.6 Å². The highest BCUT2D eigenvalue weighted by atomic mass is 16.2.